The summed E-state index contributed by atoms with van der Waals surface area (Å²) in [6.07, 6.45) is 2.42. The zero-order valence-corrected chi connectivity index (χ0v) is 7.95. The standard InChI is InChI=1S/C9H16N2O2/c1-2-3-8(12)11-7(6-10)4-5-9(11)13/h7H,2-6,10H2,1H3. The van der Waals surface area contributed by atoms with E-state index in [1.165, 1.54) is 4.90 Å². The summed E-state index contributed by atoms with van der Waals surface area (Å²) in [7, 11) is 0. The summed E-state index contributed by atoms with van der Waals surface area (Å²) in [5.74, 6) is -0.130. The second-order valence-electron chi connectivity index (χ2n) is 3.34. The van der Waals surface area contributed by atoms with Crippen molar-refractivity contribution in [3.05, 3.63) is 0 Å². The fourth-order valence-electron chi connectivity index (χ4n) is 1.64. The molecule has 0 aromatic heterocycles. The van der Waals surface area contributed by atoms with Crippen LogP contribution in [0.3, 0.4) is 0 Å². The number of amides is 2. The molecule has 0 spiro atoms. The molecule has 0 aromatic rings. The lowest BCUT2D eigenvalue weighted by Gasteiger charge is -2.21. The molecule has 0 aliphatic carbocycles. The van der Waals surface area contributed by atoms with Gasteiger partial charge in [0, 0.05) is 19.4 Å². The summed E-state index contributed by atoms with van der Waals surface area (Å²) in [5.41, 5.74) is 5.47. The minimum absolute atomic E-state index is 0.0495. The predicted octanol–water partition coefficient (Wildman–Crippen LogP) is 0.263. The molecule has 0 saturated carbocycles. The summed E-state index contributed by atoms with van der Waals surface area (Å²) in [4.78, 5) is 24.1. The van der Waals surface area contributed by atoms with Crippen molar-refractivity contribution in [1.29, 1.82) is 0 Å². The van der Waals surface area contributed by atoms with Gasteiger partial charge in [0.2, 0.25) is 11.8 Å². The van der Waals surface area contributed by atoms with Gasteiger partial charge in [-0.15, -0.1) is 0 Å². The van der Waals surface area contributed by atoms with Crippen molar-refractivity contribution in [2.24, 2.45) is 5.73 Å². The van der Waals surface area contributed by atoms with E-state index in [9.17, 15) is 9.59 Å². The molecule has 13 heavy (non-hydrogen) atoms. The minimum atomic E-state index is -0.0690. The molecule has 2 amide bonds. The Morgan fingerprint density at radius 3 is 2.92 bits per heavy atom. The monoisotopic (exact) mass is 184 g/mol. The maximum atomic E-state index is 11.5. The molecular weight excluding hydrogens is 168 g/mol. The number of hydrogen-bond donors (Lipinski definition) is 1. The molecule has 1 rings (SSSR count). The van der Waals surface area contributed by atoms with E-state index in [4.69, 9.17) is 5.73 Å². The third-order valence-electron chi connectivity index (χ3n) is 2.33. The number of rotatable bonds is 3. The van der Waals surface area contributed by atoms with Gasteiger partial charge in [0.05, 0.1) is 6.04 Å². The Hall–Kier alpha value is -0.900. The summed E-state index contributed by atoms with van der Waals surface area (Å²) in [6.45, 7) is 2.32. The van der Waals surface area contributed by atoms with Crippen LogP contribution in [0.2, 0.25) is 0 Å². The van der Waals surface area contributed by atoms with Gasteiger partial charge < -0.3 is 5.73 Å². The van der Waals surface area contributed by atoms with Crippen LogP contribution in [0.4, 0.5) is 0 Å². The Bertz CT molecular complexity index is 216. The van der Waals surface area contributed by atoms with Crippen molar-refractivity contribution in [1.82, 2.24) is 4.90 Å². The third kappa shape index (κ3) is 2.06. The van der Waals surface area contributed by atoms with Crippen LogP contribution in [0.25, 0.3) is 0 Å². The molecule has 0 radical (unpaired) electrons. The van der Waals surface area contributed by atoms with Crippen LogP contribution in [-0.4, -0.2) is 29.3 Å². The first kappa shape index (κ1) is 10.2. The van der Waals surface area contributed by atoms with Crippen molar-refractivity contribution in [2.45, 2.75) is 38.6 Å². The fraction of sp³-hybridized carbons (Fsp3) is 0.778. The summed E-state index contributed by atoms with van der Waals surface area (Å²) >= 11 is 0. The first-order valence-corrected chi connectivity index (χ1v) is 4.75. The van der Waals surface area contributed by atoms with Gasteiger partial charge in [0.25, 0.3) is 0 Å². The topological polar surface area (TPSA) is 63.4 Å². The van der Waals surface area contributed by atoms with Gasteiger partial charge in [-0.1, -0.05) is 6.92 Å². The Labute approximate surface area is 78.1 Å². The van der Waals surface area contributed by atoms with Crippen LogP contribution in [0.5, 0.6) is 0 Å². The van der Waals surface area contributed by atoms with Crippen molar-refractivity contribution in [3.63, 3.8) is 0 Å². The Kier molecular flexibility index (Phi) is 3.42. The van der Waals surface area contributed by atoms with E-state index in [1.54, 1.807) is 0 Å². The van der Waals surface area contributed by atoms with Crippen molar-refractivity contribution >= 4 is 11.8 Å². The largest absolute Gasteiger partial charge is 0.328 e. The smallest absolute Gasteiger partial charge is 0.229 e. The van der Waals surface area contributed by atoms with Gasteiger partial charge in [0.15, 0.2) is 0 Å². The lowest BCUT2D eigenvalue weighted by atomic mass is 10.2. The number of nitrogens with zero attached hydrogens (tertiary/aromatic N) is 1. The van der Waals surface area contributed by atoms with Crippen LogP contribution in [0, 0.1) is 0 Å². The molecule has 1 heterocycles. The average Bonchev–Trinajstić information content (AvgIpc) is 2.47. The van der Waals surface area contributed by atoms with E-state index in [2.05, 4.69) is 0 Å². The molecule has 1 fully saturated rings. The highest BCUT2D eigenvalue weighted by molar-refractivity contribution is 5.97. The van der Waals surface area contributed by atoms with Gasteiger partial charge in [-0.25, -0.2) is 0 Å². The normalized spacial score (nSPS) is 22.5. The summed E-state index contributed by atoms with van der Waals surface area (Å²) in [6, 6.07) is -0.0495. The molecule has 74 valence electrons. The van der Waals surface area contributed by atoms with Crippen molar-refractivity contribution < 1.29 is 9.59 Å². The Morgan fingerprint density at radius 1 is 1.69 bits per heavy atom. The summed E-state index contributed by atoms with van der Waals surface area (Å²) in [5, 5.41) is 0. The van der Waals surface area contributed by atoms with Gasteiger partial charge in [-0.3, -0.25) is 14.5 Å². The van der Waals surface area contributed by atoms with Crippen molar-refractivity contribution in [3.8, 4) is 0 Å². The molecule has 1 atom stereocenters. The first-order chi connectivity index (χ1) is 6.20. The highest BCUT2D eigenvalue weighted by Gasteiger charge is 2.33. The quantitative estimate of drug-likeness (QED) is 0.684. The van der Waals surface area contributed by atoms with Crippen LogP contribution >= 0.6 is 0 Å². The van der Waals surface area contributed by atoms with Gasteiger partial charge in [-0.2, -0.15) is 0 Å². The van der Waals surface area contributed by atoms with Crippen LogP contribution in [0.1, 0.15) is 32.6 Å². The highest BCUT2D eigenvalue weighted by atomic mass is 16.2. The minimum Gasteiger partial charge on any atom is -0.328 e. The lowest BCUT2D eigenvalue weighted by molar-refractivity contribution is -0.143. The predicted molar refractivity (Wildman–Crippen MR) is 48.8 cm³/mol. The highest BCUT2D eigenvalue weighted by Crippen LogP contribution is 2.18. The molecular formula is C9H16N2O2. The van der Waals surface area contributed by atoms with Crippen molar-refractivity contribution in [2.75, 3.05) is 6.54 Å². The number of hydrogen-bond acceptors (Lipinski definition) is 3. The second-order valence-corrected chi connectivity index (χ2v) is 3.34. The molecule has 4 nitrogen and oxygen atoms in total. The summed E-state index contributed by atoms with van der Waals surface area (Å²) < 4.78 is 0. The Morgan fingerprint density at radius 2 is 2.38 bits per heavy atom. The van der Waals surface area contributed by atoms with E-state index in [1.807, 2.05) is 6.92 Å². The number of imide groups is 1. The Balaban J connectivity index is 2.63. The number of carbonyl (C=O) groups excluding carboxylic acids is 2. The van der Waals surface area contributed by atoms with Crippen LogP contribution in [-0.2, 0) is 9.59 Å². The SMILES string of the molecule is CCCC(=O)N1C(=O)CCC1CN. The fourth-order valence-corrected chi connectivity index (χ4v) is 1.64. The molecule has 0 bridgehead atoms. The molecule has 2 N–H and O–H groups in total. The first-order valence-electron chi connectivity index (χ1n) is 4.75. The third-order valence-corrected chi connectivity index (χ3v) is 2.33. The van der Waals surface area contributed by atoms with Gasteiger partial charge >= 0.3 is 0 Å². The number of likely N-dealkylation sites (tertiary alicyclic amines) is 1. The zero-order chi connectivity index (χ0) is 9.84. The molecule has 1 aliphatic heterocycles. The molecule has 4 heteroatoms. The van der Waals surface area contributed by atoms with E-state index >= 15 is 0 Å². The van der Waals surface area contributed by atoms with E-state index in [0.717, 1.165) is 12.8 Å². The van der Waals surface area contributed by atoms with Crippen LogP contribution in [0.15, 0.2) is 0 Å². The molecule has 0 aromatic carbocycles. The zero-order valence-electron chi connectivity index (χ0n) is 7.95. The van der Waals surface area contributed by atoms with E-state index < -0.39 is 0 Å². The maximum Gasteiger partial charge on any atom is 0.229 e. The lowest BCUT2D eigenvalue weighted by Crippen LogP contribution is -2.42. The van der Waals surface area contributed by atoms with Gasteiger partial charge in [-0.05, 0) is 12.8 Å². The van der Waals surface area contributed by atoms with E-state index in [0.29, 0.717) is 19.4 Å². The average molecular weight is 184 g/mol. The molecule has 1 aliphatic rings. The second kappa shape index (κ2) is 4.37. The van der Waals surface area contributed by atoms with Crippen LogP contribution < -0.4 is 5.73 Å². The van der Waals surface area contributed by atoms with Gasteiger partial charge in [0.1, 0.15) is 0 Å². The molecule has 1 unspecified atom stereocenters. The number of carbonyl (C=O) groups is 2. The van der Waals surface area contributed by atoms with E-state index in [-0.39, 0.29) is 17.9 Å². The maximum absolute atomic E-state index is 11.5. The number of nitrogens with two attached hydrogens (primary N) is 1. The molecule has 1 saturated heterocycles.